The fourth-order valence-electron chi connectivity index (χ4n) is 2.26. The standard InChI is InChI=1S/C15H19N3O2S/c1-16-15(13(19)20-2,12-6-4-3-5-7-12)8-11-21-14-17-9-10-18-14/h3-7,9-10,16H,8,11H2,1-2H3,(H,17,18). The van der Waals surface area contributed by atoms with Crippen LogP contribution < -0.4 is 5.32 Å². The van der Waals surface area contributed by atoms with Crippen LogP contribution >= 0.6 is 11.8 Å². The van der Waals surface area contributed by atoms with Crippen molar-refractivity contribution in [2.24, 2.45) is 0 Å². The van der Waals surface area contributed by atoms with Gasteiger partial charge in [0.2, 0.25) is 0 Å². The highest BCUT2D eigenvalue weighted by atomic mass is 32.2. The normalized spacial score (nSPS) is 13.6. The second-order valence-electron chi connectivity index (χ2n) is 4.51. The van der Waals surface area contributed by atoms with E-state index < -0.39 is 5.54 Å². The number of thioether (sulfide) groups is 1. The van der Waals surface area contributed by atoms with Gasteiger partial charge >= 0.3 is 5.97 Å². The second kappa shape index (κ2) is 7.28. The van der Waals surface area contributed by atoms with Gasteiger partial charge in [0.1, 0.15) is 5.54 Å². The number of nitrogens with one attached hydrogen (secondary N) is 2. The largest absolute Gasteiger partial charge is 0.467 e. The third-order valence-electron chi connectivity index (χ3n) is 3.42. The summed E-state index contributed by atoms with van der Waals surface area (Å²) >= 11 is 1.58. The Kier molecular flexibility index (Phi) is 5.41. The van der Waals surface area contributed by atoms with Crippen LogP contribution in [0.3, 0.4) is 0 Å². The van der Waals surface area contributed by atoms with Gasteiger partial charge in [0.15, 0.2) is 5.16 Å². The number of H-pyrrole nitrogens is 1. The fraction of sp³-hybridized carbons (Fsp3) is 0.333. The number of nitrogens with zero attached hydrogens (tertiary/aromatic N) is 1. The van der Waals surface area contributed by atoms with Crippen LogP contribution in [0.1, 0.15) is 12.0 Å². The summed E-state index contributed by atoms with van der Waals surface area (Å²) in [5.41, 5.74) is 0.0645. The molecule has 0 radical (unpaired) electrons. The highest BCUT2D eigenvalue weighted by molar-refractivity contribution is 7.99. The van der Waals surface area contributed by atoms with Gasteiger partial charge in [0, 0.05) is 18.1 Å². The maximum Gasteiger partial charge on any atom is 0.330 e. The smallest absolute Gasteiger partial charge is 0.330 e. The predicted molar refractivity (Wildman–Crippen MR) is 83.1 cm³/mol. The first-order valence-corrected chi connectivity index (χ1v) is 7.66. The minimum atomic E-state index is -0.838. The minimum Gasteiger partial charge on any atom is -0.467 e. The molecule has 112 valence electrons. The summed E-state index contributed by atoms with van der Waals surface area (Å²) in [4.78, 5) is 19.6. The van der Waals surface area contributed by atoms with Gasteiger partial charge in [-0.3, -0.25) is 0 Å². The molecule has 0 spiro atoms. The molecule has 0 saturated carbocycles. The Hall–Kier alpha value is -1.79. The molecule has 1 unspecified atom stereocenters. The van der Waals surface area contributed by atoms with Gasteiger partial charge in [0.05, 0.1) is 7.11 Å². The quantitative estimate of drug-likeness (QED) is 0.606. The molecular formula is C15H19N3O2S. The topological polar surface area (TPSA) is 67.0 Å². The number of esters is 1. The van der Waals surface area contributed by atoms with E-state index in [2.05, 4.69) is 15.3 Å². The van der Waals surface area contributed by atoms with Crippen molar-refractivity contribution in [3.63, 3.8) is 0 Å². The van der Waals surface area contributed by atoms with Crippen molar-refractivity contribution in [1.29, 1.82) is 0 Å². The minimum absolute atomic E-state index is 0.281. The Morgan fingerprint density at radius 1 is 1.43 bits per heavy atom. The number of carbonyl (C=O) groups is 1. The van der Waals surface area contributed by atoms with Gasteiger partial charge < -0.3 is 15.0 Å². The fourth-order valence-corrected chi connectivity index (χ4v) is 3.15. The molecule has 0 bridgehead atoms. The Balaban J connectivity index is 2.17. The number of aromatic amines is 1. The molecule has 0 aliphatic heterocycles. The van der Waals surface area contributed by atoms with Crippen LogP contribution in [0.25, 0.3) is 0 Å². The first kappa shape index (κ1) is 15.6. The molecule has 2 aromatic rings. The molecular weight excluding hydrogens is 286 g/mol. The molecule has 2 rings (SSSR count). The molecule has 6 heteroatoms. The molecule has 1 heterocycles. The molecule has 0 amide bonds. The van der Waals surface area contributed by atoms with Crippen molar-refractivity contribution >= 4 is 17.7 Å². The maximum absolute atomic E-state index is 12.3. The van der Waals surface area contributed by atoms with Gasteiger partial charge in [-0.05, 0) is 19.0 Å². The number of benzene rings is 1. The van der Waals surface area contributed by atoms with Crippen molar-refractivity contribution in [3.8, 4) is 0 Å². The summed E-state index contributed by atoms with van der Waals surface area (Å²) in [6.07, 6.45) is 4.10. The molecule has 0 aliphatic rings. The van der Waals surface area contributed by atoms with Crippen LogP contribution in [0, 0.1) is 0 Å². The summed E-state index contributed by atoms with van der Waals surface area (Å²) in [6, 6.07) is 9.64. The number of rotatable bonds is 7. The van der Waals surface area contributed by atoms with Crippen molar-refractivity contribution in [2.75, 3.05) is 19.9 Å². The number of hydrogen-bond acceptors (Lipinski definition) is 5. The first-order chi connectivity index (χ1) is 10.2. The zero-order valence-electron chi connectivity index (χ0n) is 12.1. The van der Waals surface area contributed by atoms with E-state index in [1.54, 1.807) is 31.2 Å². The summed E-state index contributed by atoms with van der Waals surface area (Å²) in [6.45, 7) is 0. The van der Waals surface area contributed by atoms with Crippen molar-refractivity contribution < 1.29 is 9.53 Å². The van der Waals surface area contributed by atoms with Crippen LogP contribution in [0.4, 0.5) is 0 Å². The first-order valence-electron chi connectivity index (χ1n) is 6.68. The average molecular weight is 305 g/mol. The highest BCUT2D eigenvalue weighted by Crippen LogP contribution is 2.29. The van der Waals surface area contributed by atoms with Crippen LogP contribution in [-0.4, -0.2) is 35.8 Å². The van der Waals surface area contributed by atoms with E-state index in [0.29, 0.717) is 6.42 Å². The Bertz CT molecular complexity index is 560. The van der Waals surface area contributed by atoms with E-state index in [1.807, 2.05) is 30.3 Å². The molecule has 1 aromatic carbocycles. The predicted octanol–water partition coefficient (Wildman–Crippen LogP) is 2.18. The second-order valence-corrected chi connectivity index (χ2v) is 5.59. The van der Waals surface area contributed by atoms with E-state index in [1.165, 1.54) is 7.11 Å². The number of methoxy groups -OCH3 is 1. The maximum atomic E-state index is 12.3. The number of likely N-dealkylation sites (N-methyl/N-ethyl adjacent to an activating group) is 1. The Morgan fingerprint density at radius 2 is 2.19 bits per heavy atom. The Labute approximate surface area is 128 Å². The molecule has 1 atom stereocenters. The van der Waals surface area contributed by atoms with Gasteiger partial charge in [-0.15, -0.1) is 0 Å². The summed E-state index contributed by atoms with van der Waals surface area (Å²) in [7, 11) is 3.19. The van der Waals surface area contributed by atoms with E-state index in [-0.39, 0.29) is 5.97 Å². The lowest BCUT2D eigenvalue weighted by molar-refractivity contribution is -0.149. The molecule has 1 aromatic heterocycles. The van der Waals surface area contributed by atoms with Crippen LogP contribution in [0.5, 0.6) is 0 Å². The molecule has 5 nitrogen and oxygen atoms in total. The van der Waals surface area contributed by atoms with E-state index in [4.69, 9.17) is 4.74 Å². The summed E-state index contributed by atoms with van der Waals surface area (Å²) in [5, 5.41) is 3.99. The van der Waals surface area contributed by atoms with Crippen molar-refractivity contribution in [1.82, 2.24) is 15.3 Å². The highest BCUT2D eigenvalue weighted by Gasteiger charge is 2.39. The monoisotopic (exact) mass is 305 g/mol. The van der Waals surface area contributed by atoms with Gasteiger partial charge in [0.25, 0.3) is 0 Å². The lowest BCUT2D eigenvalue weighted by Crippen LogP contribution is -2.48. The Morgan fingerprint density at radius 3 is 2.76 bits per heavy atom. The van der Waals surface area contributed by atoms with Crippen molar-refractivity contribution in [2.45, 2.75) is 17.1 Å². The van der Waals surface area contributed by atoms with Crippen molar-refractivity contribution in [3.05, 3.63) is 48.3 Å². The van der Waals surface area contributed by atoms with E-state index in [0.717, 1.165) is 16.5 Å². The zero-order chi connectivity index (χ0) is 15.1. The van der Waals surface area contributed by atoms with Gasteiger partial charge in [-0.2, -0.15) is 0 Å². The third kappa shape index (κ3) is 3.46. The number of carbonyl (C=O) groups excluding carboxylic acids is 1. The van der Waals surface area contributed by atoms with Gasteiger partial charge in [-0.25, -0.2) is 9.78 Å². The molecule has 21 heavy (non-hydrogen) atoms. The summed E-state index contributed by atoms with van der Waals surface area (Å²) < 4.78 is 5.01. The third-order valence-corrected chi connectivity index (χ3v) is 4.32. The van der Waals surface area contributed by atoms with E-state index in [9.17, 15) is 4.79 Å². The molecule has 0 aliphatic carbocycles. The van der Waals surface area contributed by atoms with E-state index >= 15 is 0 Å². The van der Waals surface area contributed by atoms with Crippen LogP contribution in [-0.2, 0) is 15.1 Å². The number of ether oxygens (including phenoxy) is 1. The molecule has 2 N–H and O–H groups in total. The molecule has 0 fully saturated rings. The lowest BCUT2D eigenvalue weighted by atomic mass is 9.87. The zero-order valence-corrected chi connectivity index (χ0v) is 12.9. The number of imidazole rings is 1. The summed E-state index contributed by atoms with van der Waals surface area (Å²) in [5.74, 6) is 0.453. The number of aromatic nitrogens is 2. The number of hydrogen-bond donors (Lipinski definition) is 2. The lowest BCUT2D eigenvalue weighted by Gasteiger charge is -2.31. The molecule has 0 saturated heterocycles. The van der Waals surface area contributed by atoms with Gasteiger partial charge in [-0.1, -0.05) is 42.1 Å². The average Bonchev–Trinajstić information content (AvgIpc) is 3.05. The van der Waals surface area contributed by atoms with Crippen LogP contribution in [0.2, 0.25) is 0 Å². The van der Waals surface area contributed by atoms with Crippen LogP contribution in [0.15, 0.2) is 47.9 Å². The SMILES string of the molecule is CNC(CCSc1ncc[nH]1)(C(=O)OC)c1ccccc1.